The molecule has 1 aromatic heterocycles. The van der Waals surface area contributed by atoms with E-state index in [2.05, 4.69) is 10.3 Å². The van der Waals surface area contributed by atoms with Gasteiger partial charge in [0.2, 0.25) is 5.78 Å². The molecule has 4 aromatic rings. The molecular weight excluding hydrogens is 404 g/mol. The Labute approximate surface area is 176 Å². The van der Waals surface area contributed by atoms with Crippen LogP contribution in [0.3, 0.4) is 0 Å². The van der Waals surface area contributed by atoms with E-state index in [0.717, 1.165) is 16.9 Å². The van der Waals surface area contributed by atoms with Gasteiger partial charge in [0.25, 0.3) is 5.91 Å². The number of amides is 1. The number of ketones is 1. The van der Waals surface area contributed by atoms with Gasteiger partial charge in [-0.2, -0.15) is 0 Å². The lowest BCUT2D eigenvalue weighted by atomic mass is 10.1. The van der Waals surface area contributed by atoms with E-state index in [9.17, 15) is 9.59 Å². The molecule has 4 rings (SSSR count). The molecule has 142 valence electrons. The SMILES string of the molecule is O=C(Nc1nc(-c2ccccc2)c(C(=O)c2ccccc2)s1)c1ccccc1Cl. The summed E-state index contributed by atoms with van der Waals surface area (Å²) in [5, 5.41) is 3.46. The third-order valence-corrected chi connectivity index (χ3v) is 5.55. The summed E-state index contributed by atoms with van der Waals surface area (Å²) in [6, 6.07) is 25.2. The normalized spacial score (nSPS) is 10.5. The Bertz CT molecular complexity index is 1170. The minimum Gasteiger partial charge on any atom is -0.298 e. The second-order valence-electron chi connectivity index (χ2n) is 6.19. The molecule has 29 heavy (non-hydrogen) atoms. The summed E-state index contributed by atoms with van der Waals surface area (Å²) >= 11 is 7.27. The fourth-order valence-corrected chi connectivity index (χ4v) is 4.02. The van der Waals surface area contributed by atoms with Crippen molar-refractivity contribution in [2.75, 3.05) is 5.32 Å². The maximum Gasteiger partial charge on any atom is 0.258 e. The Morgan fingerprint density at radius 2 is 1.45 bits per heavy atom. The number of halogens is 1. The Balaban J connectivity index is 1.73. The second kappa shape index (κ2) is 8.39. The molecule has 0 aliphatic heterocycles. The van der Waals surface area contributed by atoms with Gasteiger partial charge in [-0.05, 0) is 12.1 Å². The fraction of sp³-hybridized carbons (Fsp3) is 0. The zero-order valence-electron chi connectivity index (χ0n) is 15.1. The van der Waals surface area contributed by atoms with E-state index < -0.39 is 0 Å². The Hall–Kier alpha value is -3.28. The smallest absolute Gasteiger partial charge is 0.258 e. The largest absolute Gasteiger partial charge is 0.298 e. The number of benzene rings is 3. The zero-order valence-corrected chi connectivity index (χ0v) is 16.7. The van der Waals surface area contributed by atoms with Gasteiger partial charge in [0, 0.05) is 11.1 Å². The van der Waals surface area contributed by atoms with Gasteiger partial charge in [0.05, 0.1) is 16.3 Å². The predicted octanol–water partition coefficient (Wildman–Crippen LogP) is 5.95. The number of aromatic nitrogens is 1. The molecule has 0 aliphatic rings. The van der Waals surface area contributed by atoms with E-state index >= 15 is 0 Å². The highest BCUT2D eigenvalue weighted by Crippen LogP contribution is 2.33. The molecule has 0 spiro atoms. The number of hydrogen-bond acceptors (Lipinski definition) is 4. The van der Waals surface area contributed by atoms with Crippen LogP contribution in [0.15, 0.2) is 84.9 Å². The van der Waals surface area contributed by atoms with Crippen molar-refractivity contribution < 1.29 is 9.59 Å². The summed E-state index contributed by atoms with van der Waals surface area (Å²) in [5.74, 6) is -0.511. The standard InChI is InChI=1S/C23H15ClN2O2S/c24-18-14-8-7-13-17(18)22(28)26-23-25-19(15-9-3-1-4-10-15)21(29-23)20(27)16-11-5-2-6-12-16/h1-14H,(H,25,26,28). The summed E-state index contributed by atoms with van der Waals surface area (Å²) in [5.41, 5.74) is 2.26. The minimum absolute atomic E-state index is 0.139. The third kappa shape index (κ3) is 4.11. The van der Waals surface area contributed by atoms with E-state index in [0.29, 0.717) is 31.9 Å². The average molecular weight is 419 g/mol. The van der Waals surface area contributed by atoms with Crippen LogP contribution in [0, 0.1) is 0 Å². The van der Waals surface area contributed by atoms with Crippen molar-refractivity contribution >= 4 is 39.8 Å². The average Bonchev–Trinajstić information content (AvgIpc) is 3.18. The number of hydrogen-bond donors (Lipinski definition) is 1. The zero-order chi connectivity index (χ0) is 20.2. The molecule has 1 heterocycles. The van der Waals surface area contributed by atoms with Crippen LogP contribution in [0.1, 0.15) is 25.6 Å². The highest BCUT2D eigenvalue weighted by Gasteiger charge is 2.22. The monoisotopic (exact) mass is 418 g/mol. The molecule has 4 nitrogen and oxygen atoms in total. The van der Waals surface area contributed by atoms with Crippen LogP contribution in [0.25, 0.3) is 11.3 Å². The highest BCUT2D eigenvalue weighted by molar-refractivity contribution is 7.18. The van der Waals surface area contributed by atoms with Crippen LogP contribution in [0.5, 0.6) is 0 Å². The van der Waals surface area contributed by atoms with E-state index in [-0.39, 0.29) is 11.7 Å². The summed E-state index contributed by atoms with van der Waals surface area (Å²) in [6.45, 7) is 0. The Morgan fingerprint density at radius 3 is 2.14 bits per heavy atom. The van der Waals surface area contributed by atoms with Gasteiger partial charge < -0.3 is 0 Å². The van der Waals surface area contributed by atoms with Gasteiger partial charge in [0.1, 0.15) is 4.88 Å². The molecule has 0 saturated carbocycles. The van der Waals surface area contributed by atoms with Gasteiger partial charge in [-0.1, -0.05) is 95.7 Å². The van der Waals surface area contributed by atoms with E-state index in [1.807, 2.05) is 48.5 Å². The number of carbonyl (C=O) groups excluding carboxylic acids is 2. The molecule has 0 bridgehead atoms. The number of anilines is 1. The molecule has 1 amide bonds. The van der Waals surface area contributed by atoms with Gasteiger partial charge in [-0.15, -0.1) is 0 Å². The quantitative estimate of drug-likeness (QED) is 0.407. The number of carbonyl (C=O) groups is 2. The molecule has 0 atom stereocenters. The molecule has 0 radical (unpaired) electrons. The van der Waals surface area contributed by atoms with Crippen molar-refractivity contribution in [1.29, 1.82) is 0 Å². The van der Waals surface area contributed by atoms with E-state index in [1.54, 1.807) is 36.4 Å². The lowest BCUT2D eigenvalue weighted by Gasteiger charge is -2.03. The fourth-order valence-electron chi connectivity index (χ4n) is 2.85. The third-order valence-electron chi connectivity index (χ3n) is 4.26. The number of rotatable bonds is 5. The number of nitrogens with one attached hydrogen (secondary N) is 1. The molecule has 0 fully saturated rings. The molecule has 0 aliphatic carbocycles. The molecular formula is C23H15ClN2O2S. The highest BCUT2D eigenvalue weighted by atomic mass is 35.5. The Morgan fingerprint density at radius 1 is 0.828 bits per heavy atom. The number of thiazole rings is 1. The first-order valence-electron chi connectivity index (χ1n) is 8.85. The topological polar surface area (TPSA) is 59.1 Å². The molecule has 0 saturated heterocycles. The number of nitrogens with zero attached hydrogens (tertiary/aromatic N) is 1. The lowest BCUT2D eigenvalue weighted by molar-refractivity contribution is 0.102. The van der Waals surface area contributed by atoms with Crippen LogP contribution >= 0.6 is 22.9 Å². The second-order valence-corrected chi connectivity index (χ2v) is 7.60. The summed E-state index contributed by atoms with van der Waals surface area (Å²) < 4.78 is 0. The van der Waals surface area contributed by atoms with Crippen molar-refractivity contribution in [2.45, 2.75) is 0 Å². The predicted molar refractivity (Wildman–Crippen MR) is 117 cm³/mol. The van der Waals surface area contributed by atoms with Crippen LogP contribution in [0.4, 0.5) is 5.13 Å². The maximum atomic E-state index is 13.1. The summed E-state index contributed by atoms with van der Waals surface area (Å²) in [7, 11) is 0. The van der Waals surface area contributed by atoms with Gasteiger partial charge in [0.15, 0.2) is 5.13 Å². The minimum atomic E-state index is -0.373. The van der Waals surface area contributed by atoms with E-state index in [4.69, 9.17) is 11.6 Å². The van der Waals surface area contributed by atoms with Crippen molar-refractivity contribution in [3.8, 4) is 11.3 Å². The molecule has 3 aromatic carbocycles. The molecule has 0 unspecified atom stereocenters. The first kappa shape index (κ1) is 19.1. The van der Waals surface area contributed by atoms with E-state index in [1.165, 1.54) is 0 Å². The van der Waals surface area contributed by atoms with Gasteiger partial charge >= 0.3 is 0 Å². The van der Waals surface area contributed by atoms with Crippen molar-refractivity contribution in [2.24, 2.45) is 0 Å². The van der Waals surface area contributed by atoms with Crippen LogP contribution in [0.2, 0.25) is 5.02 Å². The van der Waals surface area contributed by atoms with Crippen LogP contribution in [-0.2, 0) is 0 Å². The molecule has 6 heteroatoms. The maximum absolute atomic E-state index is 13.1. The summed E-state index contributed by atoms with van der Waals surface area (Å²) in [6.07, 6.45) is 0. The first-order chi connectivity index (χ1) is 14.1. The van der Waals surface area contributed by atoms with Crippen molar-refractivity contribution in [1.82, 2.24) is 4.98 Å². The first-order valence-corrected chi connectivity index (χ1v) is 10.0. The lowest BCUT2D eigenvalue weighted by Crippen LogP contribution is -2.12. The Kier molecular flexibility index (Phi) is 5.51. The van der Waals surface area contributed by atoms with Crippen molar-refractivity contribution in [3.05, 3.63) is 106 Å². The molecule has 1 N–H and O–H groups in total. The van der Waals surface area contributed by atoms with Crippen LogP contribution in [-0.4, -0.2) is 16.7 Å². The van der Waals surface area contributed by atoms with Crippen LogP contribution < -0.4 is 5.32 Å². The van der Waals surface area contributed by atoms with Gasteiger partial charge in [-0.3, -0.25) is 14.9 Å². The van der Waals surface area contributed by atoms with Gasteiger partial charge in [-0.25, -0.2) is 4.98 Å². The summed E-state index contributed by atoms with van der Waals surface area (Å²) in [4.78, 5) is 30.7. The van der Waals surface area contributed by atoms with Crippen molar-refractivity contribution in [3.63, 3.8) is 0 Å².